The molecule has 36 heavy (non-hydrogen) atoms. The van der Waals surface area contributed by atoms with Crippen LogP contribution in [0.3, 0.4) is 0 Å². The summed E-state index contributed by atoms with van der Waals surface area (Å²) < 4.78 is 21.7. The molecule has 0 bridgehead atoms. The van der Waals surface area contributed by atoms with E-state index in [9.17, 15) is 14.4 Å². The average molecular weight is 514 g/mol. The lowest BCUT2D eigenvalue weighted by Crippen LogP contribution is -2.14. The van der Waals surface area contributed by atoms with Gasteiger partial charge in [0.05, 0.1) is 19.3 Å². The van der Waals surface area contributed by atoms with E-state index in [1.54, 1.807) is 13.0 Å². The minimum atomic E-state index is -0.622. The van der Waals surface area contributed by atoms with Crippen molar-refractivity contribution in [1.82, 2.24) is 0 Å². The maximum Gasteiger partial charge on any atom is 0.348 e. The van der Waals surface area contributed by atoms with Gasteiger partial charge in [-0.1, -0.05) is 32.9 Å². The largest absolute Gasteiger partial charge is 0.485 e. The number of methoxy groups -OCH3 is 1. The summed E-state index contributed by atoms with van der Waals surface area (Å²) in [7, 11) is 1.25. The van der Waals surface area contributed by atoms with Crippen molar-refractivity contribution in [3.8, 4) is 5.75 Å². The number of aryl methyl sites for hydroxylation is 1. The molecule has 0 radical (unpaired) electrons. The number of thiophene rings is 1. The zero-order chi connectivity index (χ0) is 26.4. The van der Waals surface area contributed by atoms with Crippen molar-refractivity contribution in [2.75, 3.05) is 19.0 Å². The molecule has 0 atom stereocenters. The summed E-state index contributed by atoms with van der Waals surface area (Å²) in [4.78, 5) is 38.0. The molecule has 0 fully saturated rings. The Morgan fingerprint density at radius 3 is 2.50 bits per heavy atom. The highest BCUT2D eigenvalue weighted by atomic mass is 32.1. The maximum atomic E-state index is 12.9. The number of ether oxygens (including phenoxy) is 3. The van der Waals surface area contributed by atoms with Crippen LogP contribution in [0.15, 0.2) is 34.7 Å². The monoisotopic (exact) mass is 513 g/mol. The first-order chi connectivity index (χ1) is 17.2. The molecule has 0 spiro atoms. The van der Waals surface area contributed by atoms with Gasteiger partial charge < -0.3 is 23.9 Å². The van der Waals surface area contributed by atoms with Crippen molar-refractivity contribution in [2.24, 2.45) is 0 Å². The Kier molecular flexibility index (Phi) is 8.93. The van der Waals surface area contributed by atoms with Crippen LogP contribution in [0.25, 0.3) is 0 Å². The number of benzene rings is 1. The highest BCUT2D eigenvalue weighted by Gasteiger charge is 2.28. The van der Waals surface area contributed by atoms with Gasteiger partial charge >= 0.3 is 11.9 Å². The van der Waals surface area contributed by atoms with Crippen LogP contribution in [-0.4, -0.2) is 31.6 Å². The fourth-order valence-corrected chi connectivity index (χ4v) is 4.64. The Balaban J connectivity index is 1.78. The second-order valence-electron chi connectivity index (χ2n) is 8.59. The lowest BCUT2D eigenvalue weighted by molar-refractivity contribution is 0.0506. The lowest BCUT2D eigenvalue weighted by Gasteiger charge is -2.14. The van der Waals surface area contributed by atoms with Crippen molar-refractivity contribution < 1.29 is 33.0 Å². The van der Waals surface area contributed by atoms with Crippen LogP contribution in [0.1, 0.15) is 86.1 Å². The summed E-state index contributed by atoms with van der Waals surface area (Å²) in [6, 6.07) is 9.26. The standard InChI is InChI=1S/C27H31NO7S/c1-7-12-33-26(30)22-17(5)23(27(31)32-6)36-25(22)28-24(29)20-11-9-18(35-20)14-34-21-13-16(4)8-10-19(21)15(2)3/h8-11,13,15H,7,12,14H2,1-6H3,(H,28,29). The summed E-state index contributed by atoms with van der Waals surface area (Å²) in [6.07, 6.45) is 0.638. The smallest absolute Gasteiger partial charge is 0.348 e. The normalized spacial score (nSPS) is 10.9. The molecule has 192 valence electrons. The number of rotatable bonds is 10. The first-order valence-electron chi connectivity index (χ1n) is 11.7. The molecule has 1 amide bonds. The predicted molar refractivity (Wildman–Crippen MR) is 137 cm³/mol. The third kappa shape index (κ3) is 6.15. The molecule has 0 aliphatic rings. The number of hydrogen-bond acceptors (Lipinski definition) is 8. The number of esters is 2. The minimum absolute atomic E-state index is 0.0421. The van der Waals surface area contributed by atoms with Gasteiger partial charge in [0.1, 0.15) is 28.0 Å². The molecule has 9 heteroatoms. The summed E-state index contributed by atoms with van der Waals surface area (Å²) in [6.45, 7) is 10.0. The van der Waals surface area contributed by atoms with Crippen LogP contribution < -0.4 is 10.1 Å². The van der Waals surface area contributed by atoms with Gasteiger partial charge in [-0.05, 0) is 61.1 Å². The van der Waals surface area contributed by atoms with E-state index in [0.717, 1.165) is 28.2 Å². The molecule has 0 saturated carbocycles. The van der Waals surface area contributed by atoms with Crippen molar-refractivity contribution in [1.29, 1.82) is 0 Å². The fourth-order valence-electron chi connectivity index (χ4n) is 3.54. The number of amides is 1. The van der Waals surface area contributed by atoms with Crippen molar-refractivity contribution in [3.63, 3.8) is 0 Å². The predicted octanol–water partition coefficient (Wildman–Crippen LogP) is 6.27. The summed E-state index contributed by atoms with van der Waals surface area (Å²) in [5.41, 5.74) is 2.68. The van der Waals surface area contributed by atoms with Crippen molar-refractivity contribution >= 4 is 34.2 Å². The number of anilines is 1. The summed E-state index contributed by atoms with van der Waals surface area (Å²) in [5.74, 6) is -0.215. The summed E-state index contributed by atoms with van der Waals surface area (Å²) in [5, 5.41) is 2.87. The van der Waals surface area contributed by atoms with Crippen LogP contribution >= 0.6 is 11.3 Å². The second kappa shape index (κ2) is 11.9. The van der Waals surface area contributed by atoms with Gasteiger partial charge in [-0.3, -0.25) is 4.79 Å². The Morgan fingerprint density at radius 2 is 1.83 bits per heavy atom. The zero-order valence-electron chi connectivity index (χ0n) is 21.4. The number of carbonyl (C=O) groups is 3. The zero-order valence-corrected chi connectivity index (χ0v) is 22.2. The Hall–Kier alpha value is -3.59. The molecule has 1 aromatic carbocycles. The highest BCUT2D eigenvalue weighted by molar-refractivity contribution is 7.18. The molecule has 8 nitrogen and oxygen atoms in total. The molecule has 0 saturated heterocycles. The number of carbonyl (C=O) groups excluding carboxylic acids is 3. The molecule has 3 aromatic rings. The van der Waals surface area contributed by atoms with E-state index in [4.69, 9.17) is 18.6 Å². The minimum Gasteiger partial charge on any atom is -0.485 e. The van der Waals surface area contributed by atoms with Gasteiger partial charge in [-0.25, -0.2) is 9.59 Å². The van der Waals surface area contributed by atoms with Gasteiger partial charge in [0, 0.05) is 0 Å². The highest BCUT2D eigenvalue weighted by Crippen LogP contribution is 2.35. The lowest BCUT2D eigenvalue weighted by atomic mass is 10.0. The maximum absolute atomic E-state index is 12.9. The van der Waals surface area contributed by atoms with E-state index in [1.807, 2.05) is 32.0 Å². The average Bonchev–Trinajstić information content (AvgIpc) is 3.45. The number of furan rings is 1. The van der Waals surface area contributed by atoms with E-state index in [1.165, 1.54) is 13.2 Å². The summed E-state index contributed by atoms with van der Waals surface area (Å²) >= 11 is 0.950. The number of nitrogens with one attached hydrogen (secondary N) is 1. The first kappa shape index (κ1) is 27.0. The molecular formula is C27H31NO7S. The Bertz CT molecular complexity index is 1260. The van der Waals surface area contributed by atoms with Gasteiger partial charge in [-0.2, -0.15) is 0 Å². The van der Waals surface area contributed by atoms with Crippen LogP contribution in [0.2, 0.25) is 0 Å². The van der Waals surface area contributed by atoms with Crippen LogP contribution in [0.4, 0.5) is 5.00 Å². The second-order valence-corrected chi connectivity index (χ2v) is 9.61. The Morgan fingerprint density at radius 1 is 1.08 bits per heavy atom. The molecule has 0 aliphatic heterocycles. The van der Waals surface area contributed by atoms with E-state index in [0.29, 0.717) is 23.7 Å². The van der Waals surface area contributed by atoms with Gasteiger partial charge in [0.2, 0.25) is 0 Å². The molecule has 0 aliphatic carbocycles. The third-order valence-electron chi connectivity index (χ3n) is 5.43. The molecule has 2 heterocycles. The first-order valence-corrected chi connectivity index (χ1v) is 12.5. The molecule has 2 aromatic heterocycles. The fraction of sp³-hybridized carbons (Fsp3) is 0.370. The van der Waals surface area contributed by atoms with Gasteiger partial charge in [0.25, 0.3) is 5.91 Å². The van der Waals surface area contributed by atoms with Crippen molar-refractivity contribution in [2.45, 2.75) is 53.6 Å². The van der Waals surface area contributed by atoms with Gasteiger partial charge in [0.15, 0.2) is 5.76 Å². The molecule has 0 unspecified atom stereocenters. The topological polar surface area (TPSA) is 104 Å². The van der Waals surface area contributed by atoms with Crippen molar-refractivity contribution in [3.05, 3.63) is 69.0 Å². The van der Waals surface area contributed by atoms with Gasteiger partial charge in [-0.15, -0.1) is 11.3 Å². The van der Waals surface area contributed by atoms with Crippen LogP contribution in [-0.2, 0) is 16.1 Å². The van der Waals surface area contributed by atoms with E-state index in [-0.39, 0.29) is 34.4 Å². The van der Waals surface area contributed by atoms with Crippen LogP contribution in [0.5, 0.6) is 5.75 Å². The van der Waals surface area contributed by atoms with Crippen LogP contribution in [0, 0.1) is 13.8 Å². The molecule has 3 rings (SSSR count). The Labute approximate surface area is 214 Å². The third-order valence-corrected chi connectivity index (χ3v) is 6.62. The quantitative estimate of drug-likeness (QED) is 0.319. The van der Waals surface area contributed by atoms with E-state index < -0.39 is 17.8 Å². The van der Waals surface area contributed by atoms with E-state index >= 15 is 0 Å². The number of hydrogen-bond donors (Lipinski definition) is 1. The molecular weight excluding hydrogens is 482 g/mol. The SMILES string of the molecule is CCCOC(=O)c1c(NC(=O)c2ccc(COc3cc(C)ccc3C(C)C)o2)sc(C(=O)OC)c1C. The molecule has 1 N–H and O–H groups in total. The van der Waals surface area contributed by atoms with E-state index in [2.05, 4.69) is 19.2 Å².